The van der Waals surface area contributed by atoms with Gasteiger partial charge in [0.15, 0.2) is 5.82 Å². The Bertz CT molecular complexity index is 459. The Morgan fingerprint density at radius 2 is 2.13 bits per heavy atom. The van der Waals surface area contributed by atoms with Crippen LogP contribution in [-0.2, 0) is 0 Å². The van der Waals surface area contributed by atoms with E-state index in [4.69, 9.17) is 5.73 Å². The average molecular weight is 202 g/mol. The zero-order chi connectivity index (χ0) is 10.8. The molecule has 2 rings (SSSR count). The SMILES string of the molecule is CC(C)n1cnnc1-c1cccc(N)c1. The summed E-state index contributed by atoms with van der Waals surface area (Å²) in [7, 11) is 0. The molecule has 0 spiro atoms. The first-order valence-electron chi connectivity index (χ1n) is 4.94. The maximum absolute atomic E-state index is 5.73. The monoisotopic (exact) mass is 202 g/mol. The van der Waals surface area contributed by atoms with Crippen molar-refractivity contribution >= 4 is 5.69 Å². The van der Waals surface area contributed by atoms with Gasteiger partial charge in [0.05, 0.1) is 0 Å². The van der Waals surface area contributed by atoms with Crippen LogP contribution in [0.1, 0.15) is 19.9 Å². The highest BCUT2D eigenvalue weighted by atomic mass is 15.3. The normalized spacial score (nSPS) is 10.9. The molecule has 0 aliphatic heterocycles. The van der Waals surface area contributed by atoms with Gasteiger partial charge in [-0.1, -0.05) is 12.1 Å². The first-order valence-corrected chi connectivity index (χ1v) is 4.94. The third-order valence-electron chi connectivity index (χ3n) is 2.27. The molecular weight excluding hydrogens is 188 g/mol. The fourth-order valence-electron chi connectivity index (χ4n) is 1.50. The predicted octanol–water partition coefficient (Wildman–Crippen LogP) is 2.11. The van der Waals surface area contributed by atoms with Gasteiger partial charge in [0.25, 0.3) is 0 Å². The quantitative estimate of drug-likeness (QED) is 0.759. The zero-order valence-corrected chi connectivity index (χ0v) is 8.88. The van der Waals surface area contributed by atoms with Crippen molar-refractivity contribution in [2.45, 2.75) is 19.9 Å². The summed E-state index contributed by atoms with van der Waals surface area (Å²) in [6.45, 7) is 4.19. The fourth-order valence-corrected chi connectivity index (χ4v) is 1.50. The maximum Gasteiger partial charge on any atom is 0.164 e. The number of benzene rings is 1. The Kier molecular flexibility index (Phi) is 2.41. The van der Waals surface area contributed by atoms with E-state index in [2.05, 4.69) is 24.0 Å². The lowest BCUT2D eigenvalue weighted by atomic mass is 10.2. The number of anilines is 1. The molecule has 2 aromatic rings. The third-order valence-corrected chi connectivity index (χ3v) is 2.27. The second kappa shape index (κ2) is 3.73. The van der Waals surface area contributed by atoms with Crippen LogP contribution in [0.4, 0.5) is 5.69 Å². The van der Waals surface area contributed by atoms with Crippen LogP contribution in [0.2, 0.25) is 0 Å². The largest absolute Gasteiger partial charge is 0.399 e. The van der Waals surface area contributed by atoms with E-state index in [1.54, 1.807) is 6.33 Å². The zero-order valence-electron chi connectivity index (χ0n) is 8.88. The number of rotatable bonds is 2. The Labute approximate surface area is 88.8 Å². The van der Waals surface area contributed by atoms with E-state index >= 15 is 0 Å². The van der Waals surface area contributed by atoms with E-state index in [9.17, 15) is 0 Å². The van der Waals surface area contributed by atoms with Gasteiger partial charge >= 0.3 is 0 Å². The summed E-state index contributed by atoms with van der Waals surface area (Å²) < 4.78 is 2.02. The van der Waals surface area contributed by atoms with Crippen LogP contribution in [0.5, 0.6) is 0 Å². The Hall–Kier alpha value is -1.84. The van der Waals surface area contributed by atoms with Crippen LogP contribution in [0.25, 0.3) is 11.4 Å². The second-order valence-electron chi connectivity index (χ2n) is 3.78. The molecule has 0 saturated heterocycles. The van der Waals surface area contributed by atoms with E-state index in [0.29, 0.717) is 6.04 Å². The molecule has 1 aromatic heterocycles. The minimum Gasteiger partial charge on any atom is -0.399 e. The number of aromatic nitrogens is 3. The van der Waals surface area contributed by atoms with Crippen molar-refractivity contribution in [3.05, 3.63) is 30.6 Å². The fraction of sp³-hybridized carbons (Fsp3) is 0.273. The van der Waals surface area contributed by atoms with Crippen LogP contribution in [0, 0.1) is 0 Å². The molecule has 4 heteroatoms. The van der Waals surface area contributed by atoms with Gasteiger partial charge in [-0.25, -0.2) is 0 Å². The first kappa shape index (κ1) is 9.71. The molecule has 0 fully saturated rings. The topological polar surface area (TPSA) is 56.7 Å². The number of nitrogens with zero attached hydrogens (tertiary/aromatic N) is 3. The second-order valence-corrected chi connectivity index (χ2v) is 3.78. The van der Waals surface area contributed by atoms with E-state index in [1.165, 1.54) is 0 Å². The molecule has 4 nitrogen and oxygen atoms in total. The molecule has 0 amide bonds. The van der Waals surface area contributed by atoms with Gasteiger partial charge in [0.1, 0.15) is 6.33 Å². The van der Waals surface area contributed by atoms with Crippen LogP contribution >= 0.6 is 0 Å². The Balaban J connectivity index is 2.49. The molecule has 1 heterocycles. The minimum absolute atomic E-state index is 0.344. The lowest BCUT2D eigenvalue weighted by Crippen LogP contribution is -2.01. The molecule has 0 aliphatic rings. The molecule has 0 unspecified atom stereocenters. The molecule has 78 valence electrons. The van der Waals surface area contributed by atoms with Gasteiger partial charge in [0, 0.05) is 17.3 Å². The van der Waals surface area contributed by atoms with Gasteiger partial charge in [0.2, 0.25) is 0 Å². The first-order chi connectivity index (χ1) is 7.18. The summed E-state index contributed by atoms with van der Waals surface area (Å²) in [4.78, 5) is 0. The summed E-state index contributed by atoms with van der Waals surface area (Å²) in [6, 6.07) is 8.02. The molecule has 2 N–H and O–H groups in total. The third kappa shape index (κ3) is 1.83. The maximum atomic E-state index is 5.73. The molecular formula is C11H14N4. The van der Waals surface area contributed by atoms with Gasteiger partial charge in [-0.05, 0) is 26.0 Å². The number of hydrogen-bond donors (Lipinski definition) is 1. The van der Waals surface area contributed by atoms with Crippen molar-refractivity contribution in [3.8, 4) is 11.4 Å². The number of nitrogen functional groups attached to an aromatic ring is 1. The summed E-state index contributed by atoms with van der Waals surface area (Å²) >= 11 is 0. The van der Waals surface area contributed by atoms with Crippen molar-refractivity contribution in [2.75, 3.05) is 5.73 Å². The summed E-state index contributed by atoms with van der Waals surface area (Å²) in [5.74, 6) is 0.859. The highest BCUT2D eigenvalue weighted by Gasteiger charge is 2.09. The van der Waals surface area contributed by atoms with Gasteiger partial charge in [-0.2, -0.15) is 0 Å². The lowest BCUT2D eigenvalue weighted by Gasteiger charge is -2.09. The van der Waals surface area contributed by atoms with Crippen molar-refractivity contribution in [1.29, 1.82) is 0 Å². The average Bonchev–Trinajstić information content (AvgIpc) is 2.65. The highest BCUT2D eigenvalue weighted by molar-refractivity contribution is 5.61. The van der Waals surface area contributed by atoms with Crippen LogP contribution in [0.3, 0.4) is 0 Å². The molecule has 1 aromatic carbocycles. The van der Waals surface area contributed by atoms with E-state index < -0.39 is 0 Å². The molecule has 0 saturated carbocycles. The molecule has 0 bridgehead atoms. The van der Waals surface area contributed by atoms with Crippen molar-refractivity contribution in [1.82, 2.24) is 14.8 Å². The summed E-state index contributed by atoms with van der Waals surface area (Å²) in [6.07, 6.45) is 1.74. The van der Waals surface area contributed by atoms with Gasteiger partial charge in [-0.3, -0.25) is 0 Å². The van der Waals surface area contributed by atoms with Crippen LogP contribution in [0.15, 0.2) is 30.6 Å². The predicted molar refractivity (Wildman–Crippen MR) is 60.3 cm³/mol. The molecule has 0 radical (unpaired) electrons. The van der Waals surface area contributed by atoms with Gasteiger partial charge in [-0.15, -0.1) is 10.2 Å². The van der Waals surface area contributed by atoms with E-state index in [1.807, 2.05) is 28.8 Å². The molecule has 0 aliphatic carbocycles. The lowest BCUT2D eigenvalue weighted by molar-refractivity contribution is 0.604. The van der Waals surface area contributed by atoms with Crippen LogP contribution in [-0.4, -0.2) is 14.8 Å². The van der Waals surface area contributed by atoms with Crippen LogP contribution < -0.4 is 5.73 Å². The van der Waals surface area contributed by atoms with Crippen molar-refractivity contribution < 1.29 is 0 Å². The minimum atomic E-state index is 0.344. The number of hydrogen-bond acceptors (Lipinski definition) is 3. The summed E-state index contributed by atoms with van der Waals surface area (Å²) in [5, 5.41) is 8.03. The Morgan fingerprint density at radius 1 is 1.33 bits per heavy atom. The van der Waals surface area contributed by atoms with Crippen molar-refractivity contribution in [2.24, 2.45) is 0 Å². The standard InChI is InChI=1S/C11H14N4/c1-8(2)15-7-13-14-11(15)9-4-3-5-10(12)6-9/h3-8H,12H2,1-2H3. The Morgan fingerprint density at radius 3 is 2.80 bits per heavy atom. The highest BCUT2D eigenvalue weighted by Crippen LogP contribution is 2.21. The smallest absolute Gasteiger partial charge is 0.164 e. The molecule has 15 heavy (non-hydrogen) atoms. The van der Waals surface area contributed by atoms with E-state index in [-0.39, 0.29) is 0 Å². The molecule has 0 atom stereocenters. The van der Waals surface area contributed by atoms with E-state index in [0.717, 1.165) is 17.1 Å². The van der Waals surface area contributed by atoms with Crippen molar-refractivity contribution in [3.63, 3.8) is 0 Å². The van der Waals surface area contributed by atoms with Gasteiger partial charge < -0.3 is 10.3 Å². The summed E-state index contributed by atoms with van der Waals surface area (Å²) in [5.41, 5.74) is 7.48. The number of nitrogens with two attached hydrogens (primary N) is 1.